The van der Waals surface area contributed by atoms with Crippen molar-refractivity contribution in [3.8, 4) is 112 Å². The molecule has 0 atom stereocenters. The summed E-state index contributed by atoms with van der Waals surface area (Å²) in [7, 11) is 0. The predicted octanol–water partition coefficient (Wildman–Crippen LogP) is 17.2. The van der Waals surface area contributed by atoms with Gasteiger partial charge in [0.2, 0.25) is 0 Å². The molecule has 2 aliphatic rings. The van der Waals surface area contributed by atoms with Crippen LogP contribution >= 0.6 is 0 Å². The van der Waals surface area contributed by atoms with E-state index in [0.717, 1.165) is 55.5 Å². The average Bonchev–Trinajstić information content (AvgIpc) is 3.94. The molecular weight excluding hydrogens is 849 g/mol. The molecule has 322 valence electrons. The standard InChI is InChI=1S/C66H38N4/c1-2-11-42-33-46-34-44(26-25-43(46)32-41(42)10-1)65-68-64(40-23-21-39(22-24-40)45-12-9-31-67-38-45)69-66(70-65)49-36-47(50-27-29-60-54-15-5-3-13-52(54)58-19-7-17-56(50)62(58)60)35-48(37-49)51-28-30-61-55-16-6-4-14-53(55)59-20-8-18-57(51)63(59)61/h1-38H. The van der Waals surface area contributed by atoms with Crippen molar-refractivity contribution in [2.24, 2.45) is 0 Å². The van der Waals surface area contributed by atoms with Crippen LogP contribution in [0.3, 0.4) is 0 Å². The van der Waals surface area contributed by atoms with Crippen molar-refractivity contribution < 1.29 is 0 Å². The van der Waals surface area contributed by atoms with Gasteiger partial charge in [-0.3, -0.25) is 4.98 Å². The van der Waals surface area contributed by atoms with E-state index in [9.17, 15) is 0 Å². The predicted molar refractivity (Wildman–Crippen MR) is 289 cm³/mol. The van der Waals surface area contributed by atoms with E-state index in [-0.39, 0.29) is 0 Å². The molecule has 4 nitrogen and oxygen atoms in total. The van der Waals surface area contributed by atoms with Gasteiger partial charge in [-0.25, -0.2) is 15.0 Å². The lowest BCUT2D eigenvalue weighted by Crippen LogP contribution is -2.01. The van der Waals surface area contributed by atoms with Gasteiger partial charge in [0.05, 0.1) is 0 Å². The Balaban J connectivity index is 0.970. The van der Waals surface area contributed by atoms with E-state index in [1.165, 1.54) is 82.2 Å². The fourth-order valence-electron chi connectivity index (χ4n) is 11.4. The summed E-state index contributed by atoms with van der Waals surface area (Å²) in [6.07, 6.45) is 3.69. The molecule has 0 radical (unpaired) electrons. The molecule has 0 unspecified atom stereocenters. The maximum absolute atomic E-state index is 5.43. The molecular formula is C66H38N4. The summed E-state index contributed by atoms with van der Waals surface area (Å²) in [6.45, 7) is 0. The zero-order chi connectivity index (χ0) is 45.9. The highest BCUT2D eigenvalue weighted by Crippen LogP contribution is 2.52. The van der Waals surface area contributed by atoms with Crippen molar-refractivity contribution in [2.45, 2.75) is 0 Å². The third kappa shape index (κ3) is 5.97. The minimum atomic E-state index is 0.606. The maximum atomic E-state index is 5.43. The van der Waals surface area contributed by atoms with Crippen molar-refractivity contribution in [3.05, 3.63) is 231 Å². The molecule has 0 saturated carbocycles. The summed E-state index contributed by atoms with van der Waals surface area (Å²) in [5.74, 6) is 1.83. The minimum Gasteiger partial charge on any atom is -0.264 e. The van der Waals surface area contributed by atoms with E-state index in [1.54, 1.807) is 6.20 Å². The molecule has 13 aromatic rings. The topological polar surface area (TPSA) is 51.6 Å². The Morgan fingerprint density at radius 3 is 1.24 bits per heavy atom. The highest BCUT2D eigenvalue weighted by molar-refractivity contribution is 6.20. The number of aromatic nitrogens is 4. The second-order valence-electron chi connectivity index (χ2n) is 18.6. The van der Waals surface area contributed by atoms with Gasteiger partial charge < -0.3 is 0 Å². The van der Waals surface area contributed by atoms with Crippen molar-refractivity contribution in [1.82, 2.24) is 19.9 Å². The van der Waals surface area contributed by atoms with Gasteiger partial charge in [-0.1, -0.05) is 176 Å². The normalized spacial score (nSPS) is 12.0. The number of rotatable bonds is 6. The largest absolute Gasteiger partial charge is 0.264 e. The van der Waals surface area contributed by atoms with Gasteiger partial charge in [0.15, 0.2) is 17.5 Å². The van der Waals surface area contributed by atoms with Gasteiger partial charge in [0, 0.05) is 29.1 Å². The Morgan fingerprint density at radius 2 is 0.671 bits per heavy atom. The summed E-state index contributed by atoms with van der Waals surface area (Å²) in [5.41, 5.74) is 19.6. The van der Waals surface area contributed by atoms with E-state index in [4.69, 9.17) is 15.0 Å². The summed E-state index contributed by atoms with van der Waals surface area (Å²) >= 11 is 0. The second kappa shape index (κ2) is 15.1. The van der Waals surface area contributed by atoms with Gasteiger partial charge in [0.1, 0.15) is 0 Å². The number of pyridine rings is 1. The molecule has 0 amide bonds. The SMILES string of the molecule is c1cncc(-c2ccc(-c3nc(-c4cc(-c5ccc6c7c(cccc57)-c5ccccc5-6)cc(-c5ccc6c7c(cccc57)-c5ccccc5-6)c4)nc(-c4ccc5cc6ccccc6cc5c4)n3)cc2)c1. The van der Waals surface area contributed by atoms with Crippen LogP contribution in [0.2, 0.25) is 0 Å². The van der Waals surface area contributed by atoms with Crippen molar-refractivity contribution in [2.75, 3.05) is 0 Å². The lowest BCUT2D eigenvalue weighted by molar-refractivity contribution is 1.07. The van der Waals surface area contributed by atoms with E-state index >= 15 is 0 Å². The monoisotopic (exact) mass is 886 g/mol. The number of nitrogens with zero attached hydrogens (tertiary/aromatic N) is 4. The third-order valence-corrected chi connectivity index (χ3v) is 14.6. The Morgan fingerprint density at radius 1 is 0.229 bits per heavy atom. The van der Waals surface area contributed by atoms with Crippen LogP contribution in [-0.2, 0) is 0 Å². The van der Waals surface area contributed by atoms with Crippen LogP contribution in [0.5, 0.6) is 0 Å². The molecule has 0 aliphatic heterocycles. The van der Waals surface area contributed by atoms with Gasteiger partial charge >= 0.3 is 0 Å². The van der Waals surface area contributed by atoms with Gasteiger partial charge in [-0.05, 0) is 163 Å². The summed E-state index contributed by atoms with van der Waals surface area (Å²) in [4.78, 5) is 20.5. The van der Waals surface area contributed by atoms with Crippen LogP contribution in [0.1, 0.15) is 0 Å². The van der Waals surface area contributed by atoms with E-state index in [0.29, 0.717) is 17.5 Å². The van der Waals surface area contributed by atoms with Crippen LogP contribution in [0.15, 0.2) is 231 Å². The molecule has 2 aliphatic carbocycles. The van der Waals surface area contributed by atoms with Crippen LogP contribution in [0.25, 0.3) is 155 Å². The van der Waals surface area contributed by atoms with Gasteiger partial charge in [0.25, 0.3) is 0 Å². The van der Waals surface area contributed by atoms with Crippen LogP contribution in [0, 0.1) is 0 Å². The molecule has 0 fully saturated rings. The van der Waals surface area contributed by atoms with Crippen LogP contribution in [-0.4, -0.2) is 19.9 Å². The van der Waals surface area contributed by atoms with Crippen LogP contribution in [0.4, 0.5) is 0 Å². The van der Waals surface area contributed by atoms with E-state index < -0.39 is 0 Å². The molecule has 70 heavy (non-hydrogen) atoms. The summed E-state index contributed by atoms with van der Waals surface area (Å²) in [5, 5.41) is 9.74. The summed E-state index contributed by atoms with van der Waals surface area (Å²) in [6, 6.07) is 79.3. The Labute approximate surface area is 403 Å². The number of hydrogen-bond acceptors (Lipinski definition) is 4. The smallest absolute Gasteiger partial charge is 0.164 e. The number of benzene rings is 11. The number of fused-ring (bicyclic) bond motifs is 8. The fraction of sp³-hybridized carbons (Fsp3) is 0. The molecule has 11 aromatic carbocycles. The molecule has 0 bridgehead atoms. The molecule has 0 saturated heterocycles. The Bertz CT molecular complexity index is 4130. The molecule has 4 heteroatoms. The van der Waals surface area contributed by atoms with Gasteiger partial charge in [-0.15, -0.1) is 0 Å². The van der Waals surface area contributed by atoms with Gasteiger partial charge in [-0.2, -0.15) is 0 Å². The first-order chi connectivity index (χ1) is 34.7. The molecule has 2 heterocycles. The summed E-state index contributed by atoms with van der Waals surface area (Å²) < 4.78 is 0. The molecule has 0 N–H and O–H groups in total. The molecule has 15 rings (SSSR count). The molecule has 0 spiro atoms. The van der Waals surface area contributed by atoms with Crippen molar-refractivity contribution >= 4 is 43.1 Å². The highest BCUT2D eigenvalue weighted by atomic mass is 15.0. The highest BCUT2D eigenvalue weighted by Gasteiger charge is 2.25. The average molecular weight is 887 g/mol. The van der Waals surface area contributed by atoms with E-state index in [1.807, 2.05) is 12.3 Å². The first-order valence-corrected chi connectivity index (χ1v) is 23.8. The minimum absolute atomic E-state index is 0.606. The Hall–Kier alpha value is -9.38. The lowest BCUT2D eigenvalue weighted by atomic mass is 9.89. The zero-order valence-electron chi connectivity index (χ0n) is 37.7. The fourth-order valence-corrected chi connectivity index (χ4v) is 11.4. The van der Waals surface area contributed by atoms with Crippen molar-refractivity contribution in [1.29, 1.82) is 0 Å². The Kier molecular flexibility index (Phi) is 8.33. The second-order valence-corrected chi connectivity index (χ2v) is 18.6. The first kappa shape index (κ1) is 38.7. The quantitative estimate of drug-likeness (QED) is 0.156. The first-order valence-electron chi connectivity index (χ1n) is 23.8. The lowest BCUT2D eigenvalue weighted by Gasteiger charge is -2.16. The third-order valence-electron chi connectivity index (χ3n) is 14.6. The van der Waals surface area contributed by atoms with E-state index in [2.05, 4.69) is 217 Å². The zero-order valence-corrected chi connectivity index (χ0v) is 37.7. The maximum Gasteiger partial charge on any atom is 0.164 e. The van der Waals surface area contributed by atoms with Crippen LogP contribution < -0.4 is 0 Å². The number of hydrogen-bond donors (Lipinski definition) is 0. The molecule has 2 aromatic heterocycles. The van der Waals surface area contributed by atoms with Crippen molar-refractivity contribution in [3.63, 3.8) is 0 Å².